The molecule has 0 unspecified atom stereocenters. The van der Waals surface area contributed by atoms with E-state index in [0.29, 0.717) is 12.2 Å². The zero-order chi connectivity index (χ0) is 31.5. The third-order valence-electron chi connectivity index (χ3n) is 5.31. The third-order valence-corrected chi connectivity index (χ3v) is 5.31. The Labute approximate surface area is 241 Å². The van der Waals surface area contributed by atoms with Gasteiger partial charge >= 0.3 is 17.9 Å². The number of amides is 4. The summed E-state index contributed by atoms with van der Waals surface area (Å²) in [6.07, 6.45) is -2.45. The van der Waals surface area contributed by atoms with Crippen LogP contribution in [0, 0.1) is 0 Å². The summed E-state index contributed by atoms with van der Waals surface area (Å²) in [6.45, 7) is 1.59. The van der Waals surface area contributed by atoms with E-state index >= 15 is 0 Å². The van der Waals surface area contributed by atoms with Crippen LogP contribution < -0.4 is 21.3 Å². The highest BCUT2D eigenvalue weighted by Gasteiger charge is 2.32. The van der Waals surface area contributed by atoms with Crippen LogP contribution in [0.4, 0.5) is 0 Å². The Kier molecular flexibility index (Phi) is 16.5. The number of ether oxygens (including phenoxy) is 3. The molecule has 0 saturated heterocycles. The number of carboxylic acid groups (broad SMARTS) is 2. The first-order valence-electron chi connectivity index (χ1n) is 12.8. The number of nitrogens with one attached hydrogen (secondary N) is 4. The number of carbonyl (C=O) groups is 7. The molecular formula is C26H36N4O12. The van der Waals surface area contributed by atoms with Crippen molar-refractivity contribution >= 4 is 41.5 Å². The lowest BCUT2D eigenvalue weighted by molar-refractivity contribution is -0.148. The van der Waals surface area contributed by atoms with E-state index in [9.17, 15) is 43.8 Å². The van der Waals surface area contributed by atoms with Gasteiger partial charge in [-0.25, -0.2) is 0 Å². The highest BCUT2D eigenvalue weighted by atomic mass is 16.5. The number of benzene rings is 1. The van der Waals surface area contributed by atoms with Crippen LogP contribution in [0.15, 0.2) is 30.3 Å². The zero-order valence-corrected chi connectivity index (χ0v) is 23.3. The lowest BCUT2D eigenvalue weighted by Crippen LogP contribution is -2.57. The van der Waals surface area contributed by atoms with Crippen molar-refractivity contribution in [2.24, 2.45) is 0 Å². The second kappa shape index (κ2) is 19.5. The quantitative estimate of drug-likeness (QED) is 0.0732. The fraction of sp³-hybridized carbons (Fsp3) is 0.500. The Morgan fingerprint density at radius 2 is 1.29 bits per heavy atom. The van der Waals surface area contributed by atoms with Gasteiger partial charge in [-0.15, -0.1) is 0 Å². The maximum atomic E-state index is 12.9. The molecule has 42 heavy (non-hydrogen) atoms. The van der Waals surface area contributed by atoms with Crippen molar-refractivity contribution in [3.8, 4) is 0 Å². The predicted molar refractivity (Wildman–Crippen MR) is 143 cm³/mol. The van der Waals surface area contributed by atoms with Crippen LogP contribution in [0.3, 0.4) is 0 Å². The molecule has 16 heteroatoms. The summed E-state index contributed by atoms with van der Waals surface area (Å²) in [5, 5.41) is 27.4. The van der Waals surface area contributed by atoms with Crippen LogP contribution in [0.25, 0.3) is 0 Å². The third kappa shape index (κ3) is 15.3. The Balaban J connectivity index is 2.90. The lowest BCUT2D eigenvalue weighted by Gasteiger charge is -2.24. The minimum absolute atomic E-state index is 0.0252. The van der Waals surface area contributed by atoms with E-state index in [1.54, 1.807) is 30.3 Å². The first kappa shape index (κ1) is 35.5. The number of esters is 1. The molecule has 6 N–H and O–H groups in total. The highest BCUT2D eigenvalue weighted by molar-refractivity contribution is 5.97. The van der Waals surface area contributed by atoms with Gasteiger partial charge in [0.15, 0.2) is 0 Å². The van der Waals surface area contributed by atoms with Crippen molar-refractivity contribution in [3.63, 3.8) is 0 Å². The number of hydrogen-bond acceptors (Lipinski definition) is 10. The standard InChI is InChI=1S/C26H36N4O12/c1-16(31)28-20(14-23(36)42-15-17-6-4-3-5-7-17)26(39)30-19(13-22(34)35)25(38)29-18(12-21(32)33)24(37)27-8-9-41-11-10-40-2/h3-7,18-20H,8-15H2,1-2H3,(H,27,37)(H,28,31)(H,29,38)(H,30,39)(H,32,33)(H,34,35)/t18-,19-,20+/m0/s1. The second-order valence-electron chi connectivity index (χ2n) is 8.82. The predicted octanol–water partition coefficient (Wildman–Crippen LogP) is -1.68. The summed E-state index contributed by atoms with van der Waals surface area (Å²) in [5.74, 6) is -7.68. The molecule has 0 saturated carbocycles. The summed E-state index contributed by atoms with van der Waals surface area (Å²) >= 11 is 0. The Morgan fingerprint density at radius 1 is 0.738 bits per heavy atom. The van der Waals surface area contributed by atoms with Gasteiger partial charge in [0.2, 0.25) is 23.6 Å². The summed E-state index contributed by atoms with van der Waals surface area (Å²) in [7, 11) is 1.48. The number of carbonyl (C=O) groups excluding carboxylic acids is 5. The Morgan fingerprint density at radius 3 is 1.81 bits per heavy atom. The fourth-order valence-corrected chi connectivity index (χ4v) is 3.34. The SMILES string of the molecule is COCCOCCNC(=O)[C@H](CC(=O)O)NC(=O)[C@H](CC(=O)O)NC(=O)[C@@H](CC(=O)OCc1ccccc1)NC(C)=O. The molecule has 0 spiro atoms. The van der Waals surface area contributed by atoms with Crippen LogP contribution in [0.2, 0.25) is 0 Å². The van der Waals surface area contributed by atoms with Crippen LogP contribution in [-0.4, -0.2) is 103 Å². The molecule has 0 aliphatic carbocycles. The molecule has 16 nitrogen and oxygen atoms in total. The van der Waals surface area contributed by atoms with Gasteiger partial charge in [-0.1, -0.05) is 30.3 Å². The van der Waals surface area contributed by atoms with Crippen molar-refractivity contribution in [2.45, 2.75) is 50.9 Å². The van der Waals surface area contributed by atoms with Gasteiger partial charge in [0.1, 0.15) is 24.7 Å². The van der Waals surface area contributed by atoms with E-state index in [1.807, 2.05) is 0 Å². The van der Waals surface area contributed by atoms with Crippen LogP contribution in [0.1, 0.15) is 31.7 Å². The minimum atomic E-state index is -1.80. The van der Waals surface area contributed by atoms with Crippen molar-refractivity contribution in [1.29, 1.82) is 0 Å². The molecule has 0 aliphatic heterocycles. The number of methoxy groups -OCH3 is 1. The molecule has 0 bridgehead atoms. The molecule has 0 aliphatic rings. The fourth-order valence-electron chi connectivity index (χ4n) is 3.34. The average Bonchev–Trinajstić information content (AvgIpc) is 2.92. The van der Waals surface area contributed by atoms with E-state index in [0.717, 1.165) is 6.92 Å². The smallest absolute Gasteiger partial charge is 0.308 e. The van der Waals surface area contributed by atoms with Gasteiger partial charge in [0, 0.05) is 20.6 Å². The Bertz CT molecular complexity index is 1080. The van der Waals surface area contributed by atoms with Crippen molar-refractivity contribution in [1.82, 2.24) is 21.3 Å². The molecule has 4 amide bonds. The first-order chi connectivity index (χ1) is 19.9. The summed E-state index contributed by atoms with van der Waals surface area (Å²) < 4.78 is 15.1. The molecule has 1 aromatic rings. The van der Waals surface area contributed by atoms with Gasteiger partial charge in [0.05, 0.1) is 39.1 Å². The van der Waals surface area contributed by atoms with E-state index in [4.69, 9.17) is 14.2 Å². The van der Waals surface area contributed by atoms with E-state index in [1.165, 1.54) is 7.11 Å². The van der Waals surface area contributed by atoms with Gasteiger partial charge in [-0.2, -0.15) is 0 Å². The molecule has 0 radical (unpaired) electrons. The van der Waals surface area contributed by atoms with Gasteiger partial charge in [0.25, 0.3) is 0 Å². The van der Waals surface area contributed by atoms with Gasteiger partial charge in [-0.3, -0.25) is 33.6 Å². The number of hydrogen-bond donors (Lipinski definition) is 6. The second-order valence-corrected chi connectivity index (χ2v) is 8.82. The number of rotatable bonds is 20. The molecular weight excluding hydrogens is 560 g/mol. The van der Waals surface area contributed by atoms with Gasteiger partial charge in [-0.05, 0) is 5.56 Å². The van der Waals surface area contributed by atoms with Gasteiger partial charge < -0.3 is 45.7 Å². The lowest BCUT2D eigenvalue weighted by atomic mass is 10.1. The van der Waals surface area contributed by atoms with E-state index in [-0.39, 0.29) is 26.4 Å². The van der Waals surface area contributed by atoms with Crippen LogP contribution in [0.5, 0.6) is 0 Å². The zero-order valence-electron chi connectivity index (χ0n) is 23.3. The molecule has 0 fully saturated rings. The molecule has 0 heterocycles. The number of aliphatic carboxylic acids is 2. The largest absolute Gasteiger partial charge is 0.481 e. The molecule has 1 aromatic carbocycles. The average molecular weight is 597 g/mol. The van der Waals surface area contributed by atoms with E-state index < -0.39 is 78.9 Å². The minimum Gasteiger partial charge on any atom is -0.481 e. The van der Waals surface area contributed by atoms with Crippen molar-refractivity contribution in [3.05, 3.63) is 35.9 Å². The van der Waals surface area contributed by atoms with Crippen LogP contribution in [-0.2, 0) is 54.4 Å². The summed E-state index contributed by atoms with van der Waals surface area (Å²) in [6, 6.07) is 3.68. The normalized spacial score (nSPS) is 12.6. The molecule has 0 aromatic heterocycles. The number of carboxylic acids is 2. The Hall–Kier alpha value is -4.57. The maximum Gasteiger partial charge on any atom is 0.308 e. The monoisotopic (exact) mass is 596 g/mol. The topological polar surface area (TPSA) is 236 Å². The summed E-state index contributed by atoms with van der Waals surface area (Å²) in [4.78, 5) is 85.1. The highest BCUT2D eigenvalue weighted by Crippen LogP contribution is 2.05. The van der Waals surface area contributed by atoms with Crippen molar-refractivity contribution in [2.75, 3.05) is 33.5 Å². The van der Waals surface area contributed by atoms with Crippen LogP contribution >= 0.6 is 0 Å². The maximum absolute atomic E-state index is 12.9. The van der Waals surface area contributed by atoms with Crippen molar-refractivity contribution < 1.29 is 58.0 Å². The first-order valence-corrected chi connectivity index (χ1v) is 12.8. The molecule has 3 atom stereocenters. The molecule has 1 rings (SSSR count). The molecule has 232 valence electrons. The van der Waals surface area contributed by atoms with E-state index in [2.05, 4.69) is 21.3 Å². The summed E-state index contributed by atoms with van der Waals surface area (Å²) in [5.41, 5.74) is 0.670.